The van der Waals surface area contributed by atoms with Crippen LogP contribution in [0.3, 0.4) is 0 Å². The Morgan fingerprint density at radius 2 is 1.95 bits per heavy atom. The maximum Gasteiger partial charge on any atom is 0.226 e. The first-order valence-corrected chi connectivity index (χ1v) is 6.00. The highest BCUT2D eigenvalue weighted by molar-refractivity contribution is 5.53. The van der Waals surface area contributed by atoms with Gasteiger partial charge >= 0.3 is 0 Å². The van der Waals surface area contributed by atoms with E-state index in [1.54, 1.807) is 25.6 Å². The molecular formula is C14H11F2N3O. The van der Waals surface area contributed by atoms with Gasteiger partial charge in [0.25, 0.3) is 0 Å². The van der Waals surface area contributed by atoms with E-state index in [0.29, 0.717) is 18.0 Å². The van der Waals surface area contributed by atoms with E-state index in [1.165, 1.54) is 12.1 Å². The van der Waals surface area contributed by atoms with Gasteiger partial charge in [0.05, 0.1) is 12.9 Å². The van der Waals surface area contributed by atoms with Crippen LogP contribution in [0, 0.1) is 18.6 Å². The maximum absolute atomic E-state index is 13.2. The quantitative estimate of drug-likeness (QED) is 0.737. The summed E-state index contributed by atoms with van der Waals surface area (Å²) < 4.78 is 33.7. The van der Waals surface area contributed by atoms with Gasteiger partial charge in [0, 0.05) is 24.0 Å². The number of hydrogen-bond acceptors (Lipinski definition) is 3. The van der Waals surface area contributed by atoms with Crippen molar-refractivity contribution in [3.63, 3.8) is 0 Å². The molecule has 20 heavy (non-hydrogen) atoms. The van der Waals surface area contributed by atoms with E-state index in [2.05, 4.69) is 9.97 Å². The second kappa shape index (κ2) is 4.88. The minimum Gasteiger partial charge on any atom is -0.441 e. The van der Waals surface area contributed by atoms with Crippen molar-refractivity contribution in [3.8, 4) is 11.5 Å². The van der Waals surface area contributed by atoms with Gasteiger partial charge in [-0.05, 0) is 19.1 Å². The van der Waals surface area contributed by atoms with Crippen LogP contribution in [0.1, 0.15) is 11.5 Å². The fourth-order valence-corrected chi connectivity index (χ4v) is 1.93. The fourth-order valence-electron chi connectivity index (χ4n) is 1.93. The van der Waals surface area contributed by atoms with Gasteiger partial charge in [-0.1, -0.05) is 0 Å². The van der Waals surface area contributed by atoms with Crippen LogP contribution in [-0.4, -0.2) is 14.5 Å². The van der Waals surface area contributed by atoms with Crippen molar-refractivity contribution in [2.45, 2.75) is 13.5 Å². The number of rotatable bonds is 3. The monoisotopic (exact) mass is 275 g/mol. The first kappa shape index (κ1) is 12.5. The van der Waals surface area contributed by atoms with E-state index in [0.717, 1.165) is 6.07 Å². The molecule has 0 aliphatic heterocycles. The van der Waals surface area contributed by atoms with Crippen molar-refractivity contribution in [2.24, 2.45) is 0 Å². The lowest BCUT2D eigenvalue weighted by molar-refractivity contribution is 0.534. The molecule has 3 aromatic rings. The van der Waals surface area contributed by atoms with Crippen molar-refractivity contribution in [1.29, 1.82) is 0 Å². The molecule has 6 heteroatoms. The average molecular weight is 275 g/mol. The zero-order chi connectivity index (χ0) is 14.1. The Balaban J connectivity index is 1.95. The predicted octanol–water partition coefficient (Wildman–Crippen LogP) is 3.17. The van der Waals surface area contributed by atoms with Gasteiger partial charge < -0.3 is 8.98 Å². The zero-order valence-corrected chi connectivity index (χ0v) is 10.7. The standard InChI is InChI=1S/C14H11F2N3O/c1-9-13(7-19-3-2-17-8-19)18-14(20-9)10-4-11(15)6-12(16)5-10/h2-6,8H,7H2,1H3. The predicted molar refractivity (Wildman–Crippen MR) is 67.9 cm³/mol. The molecule has 0 amide bonds. The van der Waals surface area contributed by atoms with E-state index >= 15 is 0 Å². The highest BCUT2D eigenvalue weighted by Gasteiger charge is 2.13. The van der Waals surface area contributed by atoms with E-state index in [9.17, 15) is 8.78 Å². The highest BCUT2D eigenvalue weighted by atomic mass is 19.1. The lowest BCUT2D eigenvalue weighted by Gasteiger charge is -1.97. The highest BCUT2D eigenvalue weighted by Crippen LogP contribution is 2.24. The molecule has 0 N–H and O–H groups in total. The summed E-state index contributed by atoms with van der Waals surface area (Å²) in [6, 6.07) is 3.19. The summed E-state index contributed by atoms with van der Waals surface area (Å²) in [5.41, 5.74) is 0.977. The lowest BCUT2D eigenvalue weighted by Crippen LogP contribution is -1.98. The van der Waals surface area contributed by atoms with Gasteiger partial charge in [0.1, 0.15) is 23.1 Å². The molecule has 0 atom stereocenters. The van der Waals surface area contributed by atoms with Crippen LogP contribution < -0.4 is 0 Å². The van der Waals surface area contributed by atoms with Gasteiger partial charge in [0.15, 0.2) is 0 Å². The number of imidazole rings is 1. The summed E-state index contributed by atoms with van der Waals surface area (Å²) in [7, 11) is 0. The molecule has 0 radical (unpaired) electrons. The lowest BCUT2D eigenvalue weighted by atomic mass is 10.2. The Labute approximate surface area is 113 Å². The summed E-state index contributed by atoms with van der Waals surface area (Å²) in [6.45, 7) is 2.26. The van der Waals surface area contributed by atoms with Crippen molar-refractivity contribution in [2.75, 3.05) is 0 Å². The molecule has 2 heterocycles. The SMILES string of the molecule is Cc1oc(-c2cc(F)cc(F)c2)nc1Cn1ccnc1. The van der Waals surface area contributed by atoms with E-state index < -0.39 is 11.6 Å². The van der Waals surface area contributed by atoms with E-state index in [1.807, 2.05) is 4.57 Å². The molecule has 0 saturated carbocycles. The van der Waals surface area contributed by atoms with Crippen LogP contribution in [0.5, 0.6) is 0 Å². The molecule has 0 spiro atoms. The molecule has 1 aromatic carbocycles. The first-order chi connectivity index (χ1) is 9.61. The molecule has 4 nitrogen and oxygen atoms in total. The molecule has 3 rings (SSSR count). The van der Waals surface area contributed by atoms with Crippen molar-refractivity contribution in [1.82, 2.24) is 14.5 Å². The average Bonchev–Trinajstić information content (AvgIpc) is 3.00. The number of aromatic nitrogens is 3. The van der Waals surface area contributed by atoms with Crippen LogP contribution in [0.2, 0.25) is 0 Å². The number of benzene rings is 1. The largest absolute Gasteiger partial charge is 0.441 e. The van der Waals surface area contributed by atoms with Crippen LogP contribution in [0.4, 0.5) is 8.78 Å². The topological polar surface area (TPSA) is 43.9 Å². The maximum atomic E-state index is 13.2. The molecule has 0 saturated heterocycles. The number of nitrogens with zero attached hydrogens (tertiary/aromatic N) is 3. The van der Waals surface area contributed by atoms with Gasteiger partial charge in [-0.15, -0.1) is 0 Å². The molecular weight excluding hydrogens is 264 g/mol. The van der Waals surface area contributed by atoms with Crippen LogP contribution in [0.15, 0.2) is 41.3 Å². The normalized spacial score (nSPS) is 10.9. The first-order valence-electron chi connectivity index (χ1n) is 6.00. The van der Waals surface area contributed by atoms with E-state index in [4.69, 9.17) is 4.42 Å². The van der Waals surface area contributed by atoms with Crippen molar-refractivity contribution < 1.29 is 13.2 Å². The van der Waals surface area contributed by atoms with Gasteiger partial charge in [-0.3, -0.25) is 0 Å². The van der Waals surface area contributed by atoms with Gasteiger partial charge in [-0.25, -0.2) is 18.7 Å². The second-order valence-corrected chi connectivity index (χ2v) is 4.42. The summed E-state index contributed by atoms with van der Waals surface area (Å²) in [5.74, 6) is -0.506. The molecule has 2 aromatic heterocycles. The zero-order valence-electron chi connectivity index (χ0n) is 10.7. The fraction of sp³-hybridized carbons (Fsp3) is 0.143. The third kappa shape index (κ3) is 2.45. The second-order valence-electron chi connectivity index (χ2n) is 4.42. The van der Waals surface area contributed by atoms with Crippen LogP contribution in [0.25, 0.3) is 11.5 Å². The van der Waals surface area contributed by atoms with Gasteiger partial charge in [-0.2, -0.15) is 0 Å². The van der Waals surface area contributed by atoms with Crippen LogP contribution >= 0.6 is 0 Å². The minimum absolute atomic E-state index is 0.205. The molecule has 0 unspecified atom stereocenters. The van der Waals surface area contributed by atoms with Gasteiger partial charge in [0.2, 0.25) is 5.89 Å². The molecule has 102 valence electrons. The van der Waals surface area contributed by atoms with Crippen molar-refractivity contribution >= 4 is 0 Å². The molecule has 0 fully saturated rings. The smallest absolute Gasteiger partial charge is 0.226 e. The minimum atomic E-state index is -0.660. The Morgan fingerprint density at radius 1 is 1.20 bits per heavy atom. The summed E-state index contributed by atoms with van der Waals surface area (Å²) in [4.78, 5) is 8.23. The summed E-state index contributed by atoms with van der Waals surface area (Å²) in [5, 5.41) is 0. The van der Waals surface area contributed by atoms with Crippen LogP contribution in [-0.2, 0) is 6.54 Å². The Bertz CT molecular complexity index is 715. The Morgan fingerprint density at radius 3 is 2.60 bits per heavy atom. The molecule has 0 bridgehead atoms. The third-order valence-corrected chi connectivity index (χ3v) is 2.89. The number of oxazole rings is 1. The van der Waals surface area contributed by atoms with E-state index in [-0.39, 0.29) is 11.5 Å². The third-order valence-electron chi connectivity index (χ3n) is 2.89. The summed E-state index contributed by atoms with van der Waals surface area (Å²) >= 11 is 0. The Hall–Kier alpha value is -2.50. The number of halogens is 2. The number of hydrogen-bond donors (Lipinski definition) is 0. The molecule has 0 aliphatic rings. The Kier molecular flexibility index (Phi) is 3.06. The molecule has 0 aliphatic carbocycles. The number of aryl methyl sites for hydroxylation is 1. The van der Waals surface area contributed by atoms with Crippen molar-refractivity contribution in [3.05, 3.63) is 60.0 Å². The summed E-state index contributed by atoms with van der Waals surface area (Å²) in [6.07, 6.45) is 5.13.